The van der Waals surface area contributed by atoms with Gasteiger partial charge in [0.2, 0.25) is 11.8 Å². The van der Waals surface area contributed by atoms with E-state index in [0.29, 0.717) is 5.69 Å². The standard InChI is InChI=1S/C13H18N2O3S/c1-9(2)18-7-13(17)15-10-5-3-4-6-11(10)19-8-12(14)16/h3-6,9H,7-8H2,1-2H3,(H2,14,16)(H,15,17). The Kier molecular flexibility index (Phi) is 6.38. The summed E-state index contributed by atoms with van der Waals surface area (Å²) in [5.41, 5.74) is 5.76. The van der Waals surface area contributed by atoms with Crippen LogP contribution in [-0.4, -0.2) is 30.3 Å². The number of carbonyl (C=O) groups excluding carboxylic acids is 2. The van der Waals surface area contributed by atoms with Gasteiger partial charge in [-0.1, -0.05) is 12.1 Å². The van der Waals surface area contributed by atoms with Gasteiger partial charge >= 0.3 is 0 Å². The Morgan fingerprint density at radius 1 is 1.37 bits per heavy atom. The molecule has 1 aromatic rings. The summed E-state index contributed by atoms with van der Waals surface area (Å²) in [5.74, 6) is -0.440. The van der Waals surface area contributed by atoms with Gasteiger partial charge in [0, 0.05) is 4.90 Å². The molecule has 0 unspecified atom stereocenters. The lowest BCUT2D eigenvalue weighted by Gasteiger charge is -2.11. The molecule has 0 aromatic heterocycles. The van der Waals surface area contributed by atoms with Crippen molar-refractivity contribution in [1.29, 1.82) is 0 Å². The fourth-order valence-electron chi connectivity index (χ4n) is 1.27. The molecule has 2 amide bonds. The number of rotatable bonds is 7. The van der Waals surface area contributed by atoms with Crippen molar-refractivity contribution >= 4 is 29.3 Å². The molecule has 6 heteroatoms. The minimum Gasteiger partial charge on any atom is -0.369 e. The van der Waals surface area contributed by atoms with Crippen LogP contribution in [0.5, 0.6) is 0 Å². The number of nitrogens with one attached hydrogen (secondary N) is 1. The average Bonchev–Trinajstić information content (AvgIpc) is 2.35. The molecule has 0 radical (unpaired) electrons. The van der Waals surface area contributed by atoms with Crippen LogP contribution in [-0.2, 0) is 14.3 Å². The van der Waals surface area contributed by atoms with E-state index in [0.717, 1.165) is 4.90 Å². The van der Waals surface area contributed by atoms with Gasteiger partial charge in [0.1, 0.15) is 6.61 Å². The van der Waals surface area contributed by atoms with Gasteiger partial charge in [-0.05, 0) is 26.0 Å². The number of carbonyl (C=O) groups is 2. The molecule has 0 heterocycles. The predicted octanol–water partition coefficient (Wildman–Crippen LogP) is 1.63. The van der Waals surface area contributed by atoms with E-state index in [1.165, 1.54) is 11.8 Å². The van der Waals surface area contributed by atoms with Crippen molar-refractivity contribution in [3.8, 4) is 0 Å². The highest BCUT2D eigenvalue weighted by molar-refractivity contribution is 8.00. The van der Waals surface area contributed by atoms with Crippen molar-refractivity contribution in [3.05, 3.63) is 24.3 Å². The Morgan fingerprint density at radius 3 is 2.68 bits per heavy atom. The molecular weight excluding hydrogens is 264 g/mol. The van der Waals surface area contributed by atoms with E-state index in [2.05, 4.69) is 5.32 Å². The summed E-state index contributed by atoms with van der Waals surface area (Å²) in [6.45, 7) is 3.74. The van der Waals surface area contributed by atoms with Crippen LogP contribution in [0.1, 0.15) is 13.8 Å². The summed E-state index contributed by atoms with van der Waals surface area (Å²) in [6, 6.07) is 7.25. The Hall–Kier alpha value is -1.53. The van der Waals surface area contributed by atoms with Crippen LogP contribution in [0.2, 0.25) is 0 Å². The summed E-state index contributed by atoms with van der Waals surface area (Å²) in [6.07, 6.45) is 0.00484. The lowest BCUT2D eigenvalue weighted by Crippen LogP contribution is -2.21. The fourth-order valence-corrected chi connectivity index (χ4v) is 2.02. The van der Waals surface area contributed by atoms with Gasteiger partial charge < -0.3 is 15.8 Å². The number of thioether (sulfide) groups is 1. The maximum Gasteiger partial charge on any atom is 0.250 e. The first kappa shape index (κ1) is 15.5. The Labute approximate surface area is 116 Å². The van der Waals surface area contributed by atoms with Gasteiger partial charge in [0.25, 0.3) is 0 Å². The van der Waals surface area contributed by atoms with Crippen LogP contribution in [0, 0.1) is 0 Å². The lowest BCUT2D eigenvalue weighted by atomic mass is 10.3. The molecular formula is C13H18N2O3S. The highest BCUT2D eigenvalue weighted by Gasteiger charge is 2.08. The van der Waals surface area contributed by atoms with Crippen LogP contribution in [0.3, 0.4) is 0 Å². The summed E-state index contributed by atoms with van der Waals surface area (Å²) in [4.78, 5) is 23.3. The van der Waals surface area contributed by atoms with E-state index >= 15 is 0 Å². The van der Waals surface area contributed by atoms with Crippen LogP contribution >= 0.6 is 11.8 Å². The van der Waals surface area contributed by atoms with E-state index in [1.807, 2.05) is 32.0 Å². The van der Waals surface area contributed by atoms with Crippen molar-refractivity contribution in [2.24, 2.45) is 5.73 Å². The third-order valence-corrected chi connectivity index (χ3v) is 3.17. The van der Waals surface area contributed by atoms with Crippen molar-refractivity contribution in [1.82, 2.24) is 0 Å². The second-order valence-electron chi connectivity index (χ2n) is 4.16. The second-order valence-corrected chi connectivity index (χ2v) is 5.18. The monoisotopic (exact) mass is 282 g/mol. The highest BCUT2D eigenvalue weighted by atomic mass is 32.2. The molecule has 0 bridgehead atoms. The number of hydrogen-bond donors (Lipinski definition) is 2. The fraction of sp³-hybridized carbons (Fsp3) is 0.385. The van der Waals surface area contributed by atoms with E-state index < -0.39 is 5.91 Å². The van der Waals surface area contributed by atoms with Crippen LogP contribution < -0.4 is 11.1 Å². The molecule has 1 aromatic carbocycles. The first-order valence-corrected chi connectivity index (χ1v) is 6.89. The van der Waals surface area contributed by atoms with Gasteiger partial charge in [-0.3, -0.25) is 9.59 Å². The Morgan fingerprint density at radius 2 is 2.05 bits per heavy atom. The molecule has 0 saturated carbocycles. The third kappa shape index (κ3) is 6.26. The van der Waals surface area contributed by atoms with Crippen molar-refractivity contribution < 1.29 is 14.3 Å². The Bertz CT molecular complexity index is 449. The number of anilines is 1. The van der Waals surface area contributed by atoms with E-state index in [-0.39, 0.29) is 24.4 Å². The zero-order valence-electron chi connectivity index (χ0n) is 11.0. The molecule has 5 nitrogen and oxygen atoms in total. The molecule has 0 spiro atoms. The maximum absolute atomic E-state index is 11.7. The summed E-state index contributed by atoms with van der Waals surface area (Å²) in [7, 11) is 0. The number of primary amides is 1. The number of hydrogen-bond acceptors (Lipinski definition) is 4. The lowest BCUT2D eigenvalue weighted by molar-refractivity contribution is -0.122. The molecule has 0 aliphatic carbocycles. The summed E-state index contributed by atoms with van der Waals surface area (Å²) < 4.78 is 5.22. The first-order valence-electron chi connectivity index (χ1n) is 5.90. The third-order valence-electron chi connectivity index (χ3n) is 2.08. The SMILES string of the molecule is CC(C)OCC(=O)Nc1ccccc1SCC(N)=O. The first-order chi connectivity index (χ1) is 8.99. The quantitative estimate of drug-likeness (QED) is 0.745. The normalized spacial score (nSPS) is 10.5. The Balaban J connectivity index is 2.61. The summed E-state index contributed by atoms with van der Waals surface area (Å²) in [5, 5.41) is 2.75. The zero-order valence-corrected chi connectivity index (χ0v) is 11.8. The van der Waals surface area contributed by atoms with E-state index in [9.17, 15) is 9.59 Å². The maximum atomic E-state index is 11.7. The molecule has 0 aliphatic rings. The number of nitrogens with two attached hydrogens (primary N) is 1. The zero-order chi connectivity index (χ0) is 14.3. The van der Waals surface area contributed by atoms with E-state index in [1.54, 1.807) is 6.07 Å². The predicted molar refractivity (Wildman–Crippen MR) is 76.1 cm³/mol. The number of amides is 2. The van der Waals surface area contributed by atoms with Crippen molar-refractivity contribution in [2.75, 3.05) is 17.7 Å². The van der Waals surface area contributed by atoms with Gasteiger partial charge in [-0.25, -0.2) is 0 Å². The van der Waals surface area contributed by atoms with Crippen LogP contribution in [0.4, 0.5) is 5.69 Å². The topological polar surface area (TPSA) is 81.4 Å². The number of benzene rings is 1. The van der Waals surface area contributed by atoms with Gasteiger partial charge in [-0.2, -0.15) is 0 Å². The van der Waals surface area contributed by atoms with Crippen molar-refractivity contribution in [3.63, 3.8) is 0 Å². The molecule has 0 fully saturated rings. The molecule has 19 heavy (non-hydrogen) atoms. The van der Waals surface area contributed by atoms with Gasteiger partial charge in [0.05, 0.1) is 17.5 Å². The van der Waals surface area contributed by atoms with Gasteiger partial charge in [0.15, 0.2) is 0 Å². The molecule has 1 rings (SSSR count). The minimum atomic E-state index is -0.394. The number of para-hydroxylation sites is 1. The molecule has 104 valence electrons. The minimum absolute atomic E-state index is 0.00484. The highest BCUT2D eigenvalue weighted by Crippen LogP contribution is 2.26. The molecule has 3 N–H and O–H groups in total. The largest absolute Gasteiger partial charge is 0.369 e. The number of ether oxygens (including phenoxy) is 1. The smallest absolute Gasteiger partial charge is 0.250 e. The second kappa shape index (κ2) is 7.81. The van der Waals surface area contributed by atoms with Crippen LogP contribution in [0.15, 0.2) is 29.2 Å². The molecule has 0 aliphatic heterocycles. The molecule has 0 saturated heterocycles. The molecule has 0 atom stereocenters. The van der Waals surface area contributed by atoms with E-state index in [4.69, 9.17) is 10.5 Å². The summed E-state index contributed by atoms with van der Waals surface area (Å²) >= 11 is 1.29. The van der Waals surface area contributed by atoms with Crippen molar-refractivity contribution in [2.45, 2.75) is 24.8 Å². The van der Waals surface area contributed by atoms with Gasteiger partial charge in [-0.15, -0.1) is 11.8 Å². The van der Waals surface area contributed by atoms with Crippen LogP contribution in [0.25, 0.3) is 0 Å². The average molecular weight is 282 g/mol.